The quantitative estimate of drug-likeness (QED) is 0.215. The van der Waals surface area contributed by atoms with Crippen LogP contribution in [0, 0.1) is 5.92 Å². The number of carbonyl (C=O) groups is 4. The van der Waals surface area contributed by atoms with Crippen molar-refractivity contribution in [2.75, 3.05) is 33.2 Å². The number of halogens is 1. The third-order valence-electron chi connectivity index (χ3n) is 8.29. The van der Waals surface area contributed by atoms with Gasteiger partial charge in [0.1, 0.15) is 39.4 Å². The lowest BCUT2D eigenvalue weighted by Gasteiger charge is -2.35. The number of methoxy groups -OCH3 is 3. The van der Waals surface area contributed by atoms with E-state index in [1.807, 2.05) is 0 Å². The highest BCUT2D eigenvalue weighted by atomic mass is 35.5. The summed E-state index contributed by atoms with van der Waals surface area (Å²) < 4.78 is 28.7. The van der Waals surface area contributed by atoms with Crippen molar-refractivity contribution in [2.45, 2.75) is 31.8 Å². The average molecular weight is 680 g/mol. The van der Waals surface area contributed by atoms with Gasteiger partial charge < -0.3 is 34.0 Å². The Labute approximate surface area is 278 Å². The number of furan rings is 1. The van der Waals surface area contributed by atoms with Gasteiger partial charge in [0.25, 0.3) is 0 Å². The van der Waals surface area contributed by atoms with Gasteiger partial charge in [-0.05, 0) is 24.3 Å². The topological polar surface area (TPSA) is 155 Å². The molecule has 2 aromatic carbocycles. The Morgan fingerprint density at radius 3 is 2.43 bits per heavy atom. The summed E-state index contributed by atoms with van der Waals surface area (Å²) in [4.78, 5) is 58.6. The van der Waals surface area contributed by atoms with Crippen molar-refractivity contribution in [2.24, 2.45) is 5.92 Å². The van der Waals surface area contributed by atoms with Crippen molar-refractivity contribution in [1.82, 2.24) is 10.3 Å². The van der Waals surface area contributed by atoms with Crippen LogP contribution in [0.25, 0.3) is 11.3 Å². The SMILES string of the molecule is COc1ccc(-c2oc3c(c2CC(=O)NCCC(=O)Nc2nccs2)C(=O)C2(Oc4c(Cl)c(OC)cc(OC)c4C2=O)C(C)C3)cc1. The molecule has 1 spiro atoms. The number of ether oxygens (including phenoxy) is 4. The van der Waals surface area contributed by atoms with Gasteiger partial charge in [-0.2, -0.15) is 0 Å². The molecule has 2 aromatic heterocycles. The van der Waals surface area contributed by atoms with Gasteiger partial charge in [0, 0.05) is 54.1 Å². The summed E-state index contributed by atoms with van der Waals surface area (Å²) in [7, 11) is 4.35. The number of nitrogens with one attached hydrogen (secondary N) is 2. The zero-order valence-corrected chi connectivity index (χ0v) is 27.4. The molecule has 2 aliphatic rings. The van der Waals surface area contributed by atoms with E-state index in [0.29, 0.717) is 28.0 Å². The Hall–Kier alpha value is -4.88. The molecule has 0 radical (unpaired) electrons. The van der Waals surface area contributed by atoms with Crippen molar-refractivity contribution in [3.8, 4) is 34.3 Å². The van der Waals surface area contributed by atoms with Crippen LogP contribution in [0.2, 0.25) is 5.02 Å². The van der Waals surface area contributed by atoms with Gasteiger partial charge in [-0.25, -0.2) is 4.98 Å². The van der Waals surface area contributed by atoms with Gasteiger partial charge in [0.2, 0.25) is 29.0 Å². The van der Waals surface area contributed by atoms with Crippen molar-refractivity contribution in [1.29, 1.82) is 0 Å². The number of nitrogens with zero attached hydrogens (tertiary/aromatic N) is 1. The number of hydrogen-bond acceptors (Lipinski definition) is 11. The molecule has 4 aromatic rings. The van der Waals surface area contributed by atoms with E-state index in [1.165, 1.54) is 31.6 Å². The largest absolute Gasteiger partial charge is 0.497 e. The molecular weight excluding hydrogens is 650 g/mol. The number of amides is 2. The molecule has 14 heteroatoms. The summed E-state index contributed by atoms with van der Waals surface area (Å²) in [6, 6.07) is 8.44. The first kappa shape index (κ1) is 32.1. The molecule has 1 aliphatic heterocycles. The number of hydrogen-bond donors (Lipinski definition) is 2. The smallest absolute Gasteiger partial charge is 0.237 e. The first-order valence-corrected chi connectivity index (χ1v) is 15.9. The lowest BCUT2D eigenvalue weighted by Crippen LogP contribution is -2.56. The number of carbonyl (C=O) groups excluding carboxylic acids is 4. The van der Waals surface area contributed by atoms with Crippen molar-refractivity contribution in [3.63, 3.8) is 0 Å². The number of ketones is 2. The molecular formula is C33H30ClN3O9S. The molecule has 0 bridgehead atoms. The minimum atomic E-state index is -1.99. The van der Waals surface area contributed by atoms with E-state index in [9.17, 15) is 19.2 Å². The third kappa shape index (κ3) is 5.48. The standard InChI is InChI=1S/C33H30ClN3O9S/c1-16-13-21-25(30(40)33(16)31(41)26-20(43-3)15-22(44-4)27(34)29(26)46-33)19(28(45-21)17-5-7-18(42-2)8-6-17)14-24(39)35-10-9-23(38)37-32-36-11-12-47-32/h5-8,11-12,15-16H,9-10,13-14H2,1-4H3,(H,35,39)(H,36,37,38). The van der Waals surface area contributed by atoms with E-state index in [1.54, 1.807) is 49.9 Å². The van der Waals surface area contributed by atoms with Gasteiger partial charge >= 0.3 is 0 Å². The van der Waals surface area contributed by atoms with E-state index >= 15 is 0 Å². The molecule has 0 saturated heterocycles. The van der Waals surface area contributed by atoms with Crippen LogP contribution >= 0.6 is 22.9 Å². The fourth-order valence-electron chi connectivity index (χ4n) is 5.98. The lowest BCUT2D eigenvalue weighted by molar-refractivity contribution is -0.120. The minimum Gasteiger partial charge on any atom is -0.497 e. The summed E-state index contributed by atoms with van der Waals surface area (Å²) in [6.07, 6.45) is 1.46. The van der Waals surface area contributed by atoms with Gasteiger partial charge in [0.15, 0.2) is 10.9 Å². The number of benzene rings is 2. The highest BCUT2D eigenvalue weighted by Crippen LogP contribution is 2.54. The van der Waals surface area contributed by atoms with E-state index in [2.05, 4.69) is 15.6 Å². The molecule has 2 atom stereocenters. The van der Waals surface area contributed by atoms with Crippen molar-refractivity contribution >= 4 is 51.5 Å². The first-order valence-electron chi connectivity index (χ1n) is 14.6. The normalized spacial score (nSPS) is 17.9. The van der Waals surface area contributed by atoms with Crippen LogP contribution in [-0.2, 0) is 22.4 Å². The van der Waals surface area contributed by atoms with Crippen molar-refractivity contribution < 1.29 is 42.5 Å². The van der Waals surface area contributed by atoms with E-state index in [4.69, 9.17) is 35.0 Å². The Bertz CT molecular complexity index is 1890. The van der Waals surface area contributed by atoms with Gasteiger partial charge in [-0.1, -0.05) is 18.5 Å². The monoisotopic (exact) mass is 679 g/mol. The van der Waals surface area contributed by atoms with Gasteiger partial charge in [-0.3, -0.25) is 19.2 Å². The molecule has 1 aliphatic carbocycles. The predicted molar refractivity (Wildman–Crippen MR) is 172 cm³/mol. The molecule has 3 heterocycles. The van der Waals surface area contributed by atoms with Crippen LogP contribution in [0.15, 0.2) is 46.3 Å². The Morgan fingerprint density at radius 1 is 1.04 bits per heavy atom. The van der Waals surface area contributed by atoms with E-state index < -0.39 is 29.0 Å². The summed E-state index contributed by atoms with van der Waals surface area (Å²) in [5, 5.41) is 7.63. The summed E-state index contributed by atoms with van der Waals surface area (Å²) in [6.45, 7) is 1.76. The minimum absolute atomic E-state index is 0.00631. The van der Waals surface area contributed by atoms with Crippen molar-refractivity contribution in [3.05, 3.63) is 69.4 Å². The fraction of sp³-hybridized carbons (Fsp3) is 0.303. The van der Waals surface area contributed by atoms with Crippen LogP contribution in [0.1, 0.15) is 45.4 Å². The number of rotatable bonds is 10. The Morgan fingerprint density at radius 2 is 1.77 bits per heavy atom. The number of thiazole rings is 1. The maximum Gasteiger partial charge on any atom is 0.237 e. The molecule has 0 fully saturated rings. The van der Waals surface area contributed by atoms with E-state index in [-0.39, 0.29) is 70.7 Å². The molecule has 6 rings (SSSR count). The zero-order valence-electron chi connectivity index (χ0n) is 25.9. The molecule has 244 valence electrons. The molecule has 0 saturated carbocycles. The number of Topliss-reactive ketones (excluding diaryl/α,β-unsaturated/α-hetero) is 2. The molecule has 2 amide bonds. The Balaban J connectivity index is 1.35. The number of aromatic nitrogens is 1. The molecule has 2 N–H and O–H groups in total. The van der Waals surface area contributed by atoms with Crippen LogP contribution in [0.5, 0.6) is 23.0 Å². The molecule has 47 heavy (non-hydrogen) atoms. The number of anilines is 1. The van der Waals surface area contributed by atoms with Crippen LogP contribution in [0.4, 0.5) is 5.13 Å². The second-order valence-corrected chi connectivity index (χ2v) is 12.3. The highest BCUT2D eigenvalue weighted by Gasteiger charge is 2.63. The Kier molecular flexibility index (Phi) is 8.68. The van der Waals surface area contributed by atoms with Crippen LogP contribution in [-0.4, -0.2) is 61.8 Å². The first-order chi connectivity index (χ1) is 22.6. The summed E-state index contributed by atoms with van der Waals surface area (Å²) in [5.74, 6) is -1.12. The summed E-state index contributed by atoms with van der Waals surface area (Å²) in [5.41, 5.74) is -0.977. The lowest BCUT2D eigenvalue weighted by atomic mass is 9.70. The molecule has 12 nitrogen and oxygen atoms in total. The van der Waals surface area contributed by atoms with E-state index in [0.717, 1.165) is 0 Å². The van der Waals surface area contributed by atoms with Gasteiger partial charge in [0.05, 0.1) is 33.3 Å². The second-order valence-electron chi connectivity index (χ2n) is 11.0. The van der Waals surface area contributed by atoms with Gasteiger partial charge in [-0.15, -0.1) is 11.3 Å². The maximum atomic E-state index is 14.7. The van der Waals surface area contributed by atoms with Crippen LogP contribution < -0.4 is 29.6 Å². The second kappa shape index (κ2) is 12.7. The third-order valence-corrected chi connectivity index (χ3v) is 9.34. The highest BCUT2D eigenvalue weighted by molar-refractivity contribution is 7.13. The number of fused-ring (bicyclic) bond motifs is 2. The van der Waals surface area contributed by atoms with Crippen LogP contribution in [0.3, 0.4) is 0 Å². The summed E-state index contributed by atoms with van der Waals surface area (Å²) >= 11 is 7.87. The average Bonchev–Trinajstić information content (AvgIpc) is 3.78. The predicted octanol–water partition coefficient (Wildman–Crippen LogP) is 5.16. The zero-order chi connectivity index (χ0) is 33.5. The fourth-order valence-corrected chi connectivity index (χ4v) is 6.79. The molecule has 2 unspecified atom stereocenters. The maximum absolute atomic E-state index is 14.7.